The van der Waals surface area contributed by atoms with Crippen LogP contribution >= 0.6 is 31.9 Å². The van der Waals surface area contributed by atoms with Gasteiger partial charge in [-0.25, -0.2) is 18.4 Å². The van der Waals surface area contributed by atoms with Crippen molar-refractivity contribution in [1.82, 2.24) is 0 Å². The minimum atomic E-state index is -0.811. The maximum Gasteiger partial charge on any atom is 0.337 e. The molecule has 0 radical (unpaired) electrons. The molecule has 33 heavy (non-hydrogen) atoms. The van der Waals surface area contributed by atoms with Crippen LogP contribution in [0, 0.1) is 11.6 Å². The van der Waals surface area contributed by atoms with E-state index in [0.29, 0.717) is 21.9 Å². The third-order valence-corrected chi connectivity index (χ3v) is 5.05. The molecule has 0 saturated carbocycles. The van der Waals surface area contributed by atoms with E-state index in [2.05, 4.69) is 47.9 Å². The molecule has 0 bridgehead atoms. The summed E-state index contributed by atoms with van der Waals surface area (Å²) in [5, 5.41) is 8.94. The Morgan fingerprint density at radius 1 is 1.09 bits per heavy atom. The van der Waals surface area contributed by atoms with Crippen LogP contribution in [-0.4, -0.2) is 44.2 Å². The number of aldehydes is 1. The highest BCUT2D eigenvalue weighted by Crippen LogP contribution is 2.33. The number of methoxy groups -OCH3 is 2. The fraction of sp³-hybridized carbons (Fsp3) is 0.136. The van der Waals surface area contributed by atoms with Crippen LogP contribution in [-0.2, 0) is 19.1 Å². The Balaban J connectivity index is 0.000000278. The molecule has 0 aliphatic carbocycles. The van der Waals surface area contributed by atoms with Gasteiger partial charge in [0.25, 0.3) is 0 Å². The predicted molar refractivity (Wildman–Crippen MR) is 123 cm³/mol. The molecule has 2 aromatic carbocycles. The summed E-state index contributed by atoms with van der Waals surface area (Å²) in [6.07, 6.45) is 3.07. The average molecular weight is 592 g/mol. The zero-order valence-electron chi connectivity index (χ0n) is 17.4. The van der Waals surface area contributed by atoms with Crippen LogP contribution < -0.4 is 4.74 Å². The highest BCUT2D eigenvalue weighted by atomic mass is 79.9. The Kier molecular flexibility index (Phi) is 11.4. The molecule has 0 fully saturated rings. The number of ether oxygens (including phenoxy) is 3. The number of carbonyl (C=O) groups is 3. The lowest BCUT2D eigenvalue weighted by molar-refractivity contribution is -0.136. The van der Waals surface area contributed by atoms with Gasteiger partial charge in [-0.2, -0.15) is 0 Å². The lowest BCUT2D eigenvalue weighted by atomic mass is 10.1. The first kappa shape index (κ1) is 28.0. The largest absolute Gasteiger partial charge is 0.504 e. The molecule has 1 N–H and O–H groups in total. The Morgan fingerprint density at radius 2 is 1.70 bits per heavy atom. The van der Waals surface area contributed by atoms with Crippen molar-refractivity contribution in [2.24, 2.45) is 0 Å². The highest BCUT2D eigenvalue weighted by Gasteiger charge is 2.21. The van der Waals surface area contributed by atoms with Crippen LogP contribution in [0.2, 0.25) is 0 Å². The van der Waals surface area contributed by atoms with Crippen LogP contribution in [0.15, 0.2) is 51.4 Å². The smallest absolute Gasteiger partial charge is 0.337 e. The van der Waals surface area contributed by atoms with Gasteiger partial charge in [0.1, 0.15) is 6.61 Å². The zero-order valence-corrected chi connectivity index (χ0v) is 20.5. The molecule has 0 aromatic heterocycles. The number of carbonyl (C=O) groups excluding carboxylic acids is 3. The van der Waals surface area contributed by atoms with Crippen molar-refractivity contribution >= 4 is 56.2 Å². The molecule has 1 aliphatic heterocycles. The molecule has 0 unspecified atom stereocenters. The van der Waals surface area contributed by atoms with E-state index in [1.807, 2.05) is 0 Å². The molecule has 1 aliphatic rings. The molecule has 1 heterocycles. The summed E-state index contributed by atoms with van der Waals surface area (Å²) in [5.41, 5.74) is 0.856. The van der Waals surface area contributed by atoms with E-state index < -0.39 is 29.3 Å². The van der Waals surface area contributed by atoms with Crippen LogP contribution in [0.5, 0.6) is 11.5 Å². The number of hydrogen-bond acceptors (Lipinski definition) is 7. The minimum Gasteiger partial charge on any atom is -0.504 e. The van der Waals surface area contributed by atoms with Gasteiger partial charge in [0.05, 0.1) is 34.3 Å². The van der Waals surface area contributed by atoms with Gasteiger partial charge >= 0.3 is 11.9 Å². The van der Waals surface area contributed by atoms with E-state index in [9.17, 15) is 23.2 Å². The zero-order chi connectivity index (χ0) is 25.1. The molecule has 176 valence electrons. The van der Waals surface area contributed by atoms with E-state index >= 15 is 0 Å². The first-order chi connectivity index (χ1) is 15.6. The topological polar surface area (TPSA) is 99.1 Å². The standard InChI is InChI=1S/C11H8BrFO3.C7H4BrFO2.C4H6O2/c1-15-11(14)7-4-6-2-3-8(12)9(13)10(6)16-5-7;8-5-2-1-4(3-10)7(11)6(5)9;1-3-4(5)6-2/h2-4H,5H2,1H3;1-3,11H;3H,1H2,2H3. The second-order valence-electron chi connectivity index (χ2n) is 5.87. The van der Waals surface area contributed by atoms with Gasteiger partial charge in [-0.3, -0.25) is 4.79 Å². The van der Waals surface area contributed by atoms with Crippen molar-refractivity contribution in [3.05, 3.63) is 74.2 Å². The summed E-state index contributed by atoms with van der Waals surface area (Å²) in [6.45, 7) is 3.18. The third-order valence-electron chi connectivity index (χ3n) is 3.82. The SMILES string of the molecule is C=CC(=O)OC.COC(=O)C1=Cc2ccc(Br)c(F)c2OC1.O=Cc1ccc(Br)c(F)c1O. The predicted octanol–water partition coefficient (Wildman–Crippen LogP) is 4.99. The number of fused-ring (bicyclic) bond motifs is 1. The van der Waals surface area contributed by atoms with Gasteiger partial charge in [-0.1, -0.05) is 6.58 Å². The third kappa shape index (κ3) is 7.79. The monoisotopic (exact) mass is 590 g/mol. The Labute approximate surface area is 204 Å². The number of hydrogen-bond donors (Lipinski definition) is 1. The normalized spacial score (nSPS) is 11.0. The fourth-order valence-electron chi connectivity index (χ4n) is 2.17. The Hall–Kier alpha value is -3.05. The molecule has 3 rings (SSSR count). The molecule has 0 spiro atoms. The summed E-state index contributed by atoms with van der Waals surface area (Å²) < 4.78 is 40.7. The molecule has 0 saturated heterocycles. The van der Waals surface area contributed by atoms with Crippen molar-refractivity contribution in [3.63, 3.8) is 0 Å². The number of halogens is 4. The molecule has 0 atom stereocenters. The number of rotatable bonds is 3. The Morgan fingerprint density at radius 3 is 2.21 bits per heavy atom. The molecular formula is C22H18Br2F2O7. The highest BCUT2D eigenvalue weighted by molar-refractivity contribution is 9.10. The number of benzene rings is 2. The van der Waals surface area contributed by atoms with Crippen molar-refractivity contribution in [2.45, 2.75) is 0 Å². The van der Waals surface area contributed by atoms with E-state index in [-0.39, 0.29) is 22.4 Å². The van der Waals surface area contributed by atoms with Crippen LogP contribution in [0.4, 0.5) is 8.78 Å². The minimum absolute atomic E-state index is 0.0209. The summed E-state index contributed by atoms with van der Waals surface area (Å²) in [7, 11) is 2.60. The second kappa shape index (κ2) is 13.5. The van der Waals surface area contributed by atoms with Crippen LogP contribution in [0.3, 0.4) is 0 Å². The van der Waals surface area contributed by atoms with Crippen molar-refractivity contribution in [2.75, 3.05) is 20.8 Å². The quantitative estimate of drug-likeness (QED) is 0.305. The van der Waals surface area contributed by atoms with Crippen molar-refractivity contribution < 1.29 is 42.5 Å². The number of aromatic hydroxyl groups is 1. The maximum atomic E-state index is 13.6. The van der Waals surface area contributed by atoms with Crippen LogP contribution in [0.1, 0.15) is 15.9 Å². The Bertz CT molecular complexity index is 1080. The maximum absolute atomic E-state index is 13.6. The van der Waals surface area contributed by atoms with Gasteiger partial charge in [-0.05, 0) is 62.2 Å². The summed E-state index contributed by atoms with van der Waals surface area (Å²) >= 11 is 5.92. The molecule has 2 aromatic rings. The number of phenolic OH excluding ortho intramolecular Hbond substituents is 1. The number of esters is 2. The summed E-state index contributed by atoms with van der Waals surface area (Å²) in [6, 6.07) is 5.92. The molecular weight excluding hydrogens is 574 g/mol. The van der Waals surface area contributed by atoms with Crippen LogP contribution in [0.25, 0.3) is 6.08 Å². The fourth-order valence-corrected chi connectivity index (χ4v) is 2.80. The van der Waals surface area contributed by atoms with Gasteiger partial charge in [0, 0.05) is 11.6 Å². The van der Waals surface area contributed by atoms with E-state index in [0.717, 1.165) is 6.08 Å². The number of phenols is 1. The van der Waals surface area contributed by atoms with Gasteiger partial charge in [0.15, 0.2) is 29.4 Å². The molecule has 11 heteroatoms. The lowest BCUT2D eigenvalue weighted by Gasteiger charge is -2.17. The van der Waals surface area contributed by atoms with Crippen molar-refractivity contribution in [3.8, 4) is 11.5 Å². The molecule has 7 nitrogen and oxygen atoms in total. The summed E-state index contributed by atoms with van der Waals surface area (Å²) in [5.74, 6) is -2.59. The van der Waals surface area contributed by atoms with E-state index in [1.165, 1.54) is 26.4 Å². The summed E-state index contributed by atoms with van der Waals surface area (Å²) in [4.78, 5) is 31.2. The van der Waals surface area contributed by atoms with Gasteiger partial charge in [0.2, 0.25) is 0 Å². The lowest BCUT2D eigenvalue weighted by Crippen LogP contribution is -2.16. The molecule has 0 amide bonds. The second-order valence-corrected chi connectivity index (χ2v) is 7.58. The van der Waals surface area contributed by atoms with Gasteiger partial charge in [-0.15, -0.1) is 0 Å². The van der Waals surface area contributed by atoms with E-state index in [4.69, 9.17) is 9.84 Å². The average Bonchev–Trinajstić information content (AvgIpc) is 2.84. The first-order valence-corrected chi connectivity index (χ1v) is 10.4. The van der Waals surface area contributed by atoms with Crippen molar-refractivity contribution in [1.29, 1.82) is 0 Å². The first-order valence-electron chi connectivity index (χ1n) is 8.83. The van der Waals surface area contributed by atoms with E-state index in [1.54, 1.807) is 18.2 Å². The van der Waals surface area contributed by atoms with Gasteiger partial charge < -0.3 is 19.3 Å².